The summed E-state index contributed by atoms with van der Waals surface area (Å²) >= 11 is 3.52. The van der Waals surface area contributed by atoms with E-state index in [1.54, 1.807) is 20.4 Å². The van der Waals surface area contributed by atoms with E-state index >= 15 is 0 Å². The summed E-state index contributed by atoms with van der Waals surface area (Å²) in [5, 5.41) is 7.67. The molecular weight excluding hydrogens is 286 g/mol. The van der Waals surface area contributed by atoms with Crippen molar-refractivity contribution in [3.8, 4) is 0 Å². The molecule has 6 heteroatoms. The number of hydrogen-bond acceptors (Lipinski definition) is 4. The Labute approximate surface area is 111 Å². The molecule has 0 saturated heterocycles. The molecule has 1 N–H and O–H groups in total. The van der Waals surface area contributed by atoms with Gasteiger partial charge in [-0.1, -0.05) is 6.92 Å². The van der Waals surface area contributed by atoms with Crippen molar-refractivity contribution in [1.82, 2.24) is 15.1 Å². The maximum absolute atomic E-state index is 5.35. The van der Waals surface area contributed by atoms with Crippen LogP contribution in [0.15, 0.2) is 10.7 Å². The number of aromatic nitrogens is 2. The fourth-order valence-corrected chi connectivity index (χ4v) is 2.39. The summed E-state index contributed by atoms with van der Waals surface area (Å²) in [6, 6.07) is -0.0492. The maximum Gasteiger partial charge on any atom is 0.177 e. The summed E-state index contributed by atoms with van der Waals surface area (Å²) in [5.74, 6) is 0. The topological polar surface area (TPSA) is 48.3 Å². The molecule has 0 bridgehead atoms. The van der Waals surface area contributed by atoms with Gasteiger partial charge in [0.05, 0.1) is 16.4 Å². The van der Waals surface area contributed by atoms with E-state index in [1.807, 2.05) is 4.68 Å². The van der Waals surface area contributed by atoms with Gasteiger partial charge >= 0.3 is 0 Å². The number of likely N-dealkylation sites (N-methyl/N-ethyl adjacent to an activating group) is 1. The second-order valence-electron chi connectivity index (χ2n) is 3.57. The number of methoxy groups -OCH3 is 2. The van der Waals surface area contributed by atoms with Crippen LogP contribution in [0.5, 0.6) is 0 Å². The molecule has 1 aromatic rings. The Morgan fingerprint density at radius 1 is 1.41 bits per heavy atom. The lowest BCUT2D eigenvalue weighted by Crippen LogP contribution is -2.36. The summed E-state index contributed by atoms with van der Waals surface area (Å²) in [4.78, 5) is 0. The number of rotatable bonds is 7. The Morgan fingerprint density at radius 3 is 2.53 bits per heavy atom. The lowest BCUT2D eigenvalue weighted by atomic mass is 10.2. The Kier molecular flexibility index (Phi) is 6.11. The number of ether oxygens (including phenoxy) is 2. The first-order valence-electron chi connectivity index (χ1n) is 5.69. The predicted octanol–water partition coefficient (Wildman–Crippen LogP) is 1.94. The molecule has 0 aromatic carbocycles. The van der Waals surface area contributed by atoms with Crippen molar-refractivity contribution < 1.29 is 9.47 Å². The van der Waals surface area contributed by atoms with E-state index in [1.165, 1.54) is 0 Å². The summed E-state index contributed by atoms with van der Waals surface area (Å²) in [7, 11) is 3.28. The fourth-order valence-electron chi connectivity index (χ4n) is 1.84. The van der Waals surface area contributed by atoms with Gasteiger partial charge in [-0.25, -0.2) is 0 Å². The molecule has 0 aliphatic rings. The minimum absolute atomic E-state index is 0.0492. The molecule has 1 aromatic heterocycles. The normalized spacial score (nSPS) is 13.3. The zero-order valence-electron chi connectivity index (χ0n) is 10.7. The van der Waals surface area contributed by atoms with E-state index in [9.17, 15) is 0 Å². The van der Waals surface area contributed by atoms with Crippen molar-refractivity contribution in [1.29, 1.82) is 0 Å². The van der Waals surface area contributed by atoms with Crippen LogP contribution in [0.2, 0.25) is 0 Å². The lowest BCUT2D eigenvalue weighted by Gasteiger charge is -2.26. The standard InChI is InChI=1S/C11H20BrN3O2/c1-5-13-9(11(16-3)17-4)10-8(12)7-14-15(10)6-2/h7,9,11,13H,5-6H2,1-4H3. The molecule has 0 fully saturated rings. The van der Waals surface area contributed by atoms with Crippen molar-refractivity contribution in [2.24, 2.45) is 0 Å². The van der Waals surface area contributed by atoms with Crippen molar-refractivity contribution >= 4 is 15.9 Å². The van der Waals surface area contributed by atoms with Crippen LogP contribution in [-0.2, 0) is 16.0 Å². The molecule has 17 heavy (non-hydrogen) atoms. The average molecular weight is 306 g/mol. The minimum atomic E-state index is -0.340. The van der Waals surface area contributed by atoms with Gasteiger partial charge in [0, 0.05) is 20.8 Å². The van der Waals surface area contributed by atoms with Crippen LogP contribution in [0.25, 0.3) is 0 Å². The second kappa shape index (κ2) is 7.10. The average Bonchev–Trinajstić information content (AvgIpc) is 2.70. The molecule has 1 atom stereocenters. The van der Waals surface area contributed by atoms with Crippen LogP contribution in [0, 0.1) is 0 Å². The van der Waals surface area contributed by atoms with Gasteiger partial charge in [0.15, 0.2) is 6.29 Å². The van der Waals surface area contributed by atoms with Gasteiger partial charge in [0.1, 0.15) is 6.04 Å². The van der Waals surface area contributed by atoms with Crippen molar-refractivity contribution in [2.75, 3.05) is 20.8 Å². The number of nitrogens with one attached hydrogen (secondary N) is 1. The van der Waals surface area contributed by atoms with Gasteiger partial charge < -0.3 is 14.8 Å². The number of hydrogen-bond donors (Lipinski definition) is 1. The predicted molar refractivity (Wildman–Crippen MR) is 69.8 cm³/mol. The third-order valence-electron chi connectivity index (χ3n) is 2.59. The molecule has 1 heterocycles. The molecule has 1 rings (SSSR count). The highest BCUT2D eigenvalue weighted by atomic mass is 79.9. The van der Waals surface area contributed by atoms with Gasteiger partial charge in [-0.15, -0.1) is 0 Å². The van der Waals surface area contributed by atoms with Crippen molar-refractivity contribution in [3.63, 3.8) is 0 Å². The van der Waals surface area contributed by atoms with Crippen LogP contribution in [-0.4, -0.2) is 36.8 Å². The Hall–Kier alpha value is -0.430. The molecule has 5 nitrogen and oxygen atoms in total. The highest BCUT2D eigenvalue weighted by Gasteiger charge is 2.27. The Bertz CT molecular complexity index is 339. The monoisotopic (exact) mass is 305 g/mol. The van der Waals surface area contributed by atoms with Gasteiger partial charge in [0.2, 0.25) is 0 Å². The molecular formula is C11H20BrN3O2. The van der Waals surface area contributed by atoms with E-state index in [0.717, 1.165) is 23.3 Å². The quantitative estimate of drug-likeness (QED) is 0.782. The smallest absolute Gasteiger partial charge is 0.177 e. The highest BCUT2D eigenvalue weighted by molar-refractivity contribution is 9.10. The molecule has 0 spiro atoms. The highest BCUT2D eigenvalue weighted by Crippen LogP contribution is 2.27. The van der Waals surface area contributed by atoms with E-state index in [-0.39, 0.29) is 12.3 Å². The molecule has 1 unspecified atom stereocenters. The first-order chi connectivity index (χ1) is 8.19. The number of halogens is 1. The fraction of sp³-hybridized carbons (Fsp3) is 0.727. The molecule has 0 aliphatic carbocycles. The van der Waals surface area contributed by atoms with Crippen molar-refractivity contribution in [2.45, 2.75) is 32.7 Å². The zero-order chi connectivity index (χ0) is 12.8. The van der Waals surface area contributed by atoms with Crippen LogP contribution < -0.4 is 5.32 Å². The van der Waals surface area contributed by atoms with Gasteiger partial charge in [-0.3, -0.25) is 4.68 Å². The molecule has 0 aliphatic heterocycles. The maximum atomic E-state index is 5.35. The molecule has 98 valence electrons. The third-order valence-corrected chi connectivity index (χ3v) is 3.20. The number of aryl methyl sites for hydroxylation is 1. The van der Waals surface area contributed by atoms with Crippen LogP contribution in [0.3, 0.4) is 0 Å². The van der Waals surface area contributed by atoms with Gasteiger partial charge in [0.25, 0.3) is 0 Å². The Balaban J connectivity index is 3.07. The third kappa shape index (κ3) is 3.28. The van der Waals surface area contributed by atoms with Crippen LogP contribution in [0.4, 0.5) is 0 Å². The Morgan fingerprint density at radius 2 is 2.06 bits per heavy atom. The summed E-state index contributed by atoms with van der Waals surface area (Å²) in [6.07, 6.45) is 1.46. The molecule has 0 amide bonds. The van der Waals surface area contributed by atoms with E-state index in [0.29, 0.717) is 0 Å². The van der Waals surface area contributed by atoms with Crippen LogP contribution >= 0.6 is 15.9 Å². The molecule has 0 radical (unpaired) electrons. The lowest BCUT2D eigenvalue weighted by molar-refractivity contribution is -0.125. The molecule has 0 saturated carbocycles. The first-order valence-corrected chi connectivity index (χ1v) is 6.49. The second-order valence-corrected chi connectivity index (χ2v) is 4.42. The number of nitrogens with zero attached hydrogens (tertiary/aromatic N) is 2. The summed E-state index contributed by atoms with van der Waals surface area (Å²) in [6.45, 7) is 5.74. The zero-order valence-corrected chi connectivity index (χ0v) is 12.3. The van der Waals surface area contributed by atoms with E-state index < -0.39 is 0 Å². The van der Waals surface area contributed by atoms with E-state index in [2.05, 4.69) is 40.2 Å². The van der Waals surface area contributed by atoms with Crippen molar-refractivity contribution in [3.05, 3.63) is 16.4 Å². The summed E-state index contributed by atoms with van der Waals surface area (Å²) < 4.78 is 13.6. The van der Waals surface area contributed by atoms with E-state index in [4.69, 9.17) is 9.47 Å². The first kappa shape index (κ1) is 14.6. The minimum Gasteiger partial charge on any atom is -0.354 e. The van der Waals surface area contributed by atoms with Gasteiger partial charge in [-0.05, 0) is 29.4 Å². The summed E-state index contributed by atoms with van der Waals surface area (Å²) in [5.41, 5.74) is 1.04. The largest absolute Gasteiger partial charge is 0.354 e. The SMILES string of the molecule is CCNC(c1c(Br)cnn1CC)C(OC)OC. The van der Waals surface area contributed by atoms with Gasteiger partial charge in [-0.2, -0.15) is 5.10 Å². The van der Waals surface area contributed by atoms with Crippen LogP contribution in [0.1, 0.15) is 25.6 Å².